The zero-order chi connectivity index (χ0) is 21.7. The van der Waals surface area contributed by atoms with E-state index in [0.717, 1.165) is 20.1 Å². The molecule has 9 heteroatoms. The third-order valence-corrected chi connectivity index (χ3v) is 6.20. The van der Waals surface area contributed by atoms with Crippen LogP contribution >= 0.6 is 35.3 Å². The third-order valence-electron chi connectivity index (χ3n) is 3.83. The average Bonchev–Trinajstić information content (AvgIpc) is 3.01. The van der Waals surface area contributed by atoms with Gasteiger partial charge in [0.15, 0.2) is 16.3 Å². The third kappa shape index (κ3) is 6.65. The lowest BCUT2D eigenvalue weighted by molar-refractivity contribution is -0.159. The monoisotopic (exact) mass is 466 g/mol. The number of rotatable bonds is 7. The summed E-state index contributed by atoms with van der Waals surface area (Å²) in [4.78, 5) is 8.09. The van der Waals surface area contributed by atoms with E-state index in [1.807, 2.05) is 48.0 Å². The molecular weight excluding hydrogens is 446 g/mol. The summed E-state index contributed by atoms with van der Waals surface area (Å²) in [6, 6.07) is 14.4. The predicted octanol–water partition coefficient (Wildman–Crippen LogP) is 5.62. The van der Waals surface area contributed by atoms with E-state index in [2.05, 4.69) is 9.73 Å². The number of aromatic nitrogens is 1. The van der Waals surface area contributed by atoms with Gasteiger partial charge < -0.3 is 14.4 Å². The minimum atomic E-state index is -3.36. The molecule has 4 nitrogen and oxygen atoms in total. The maximum Gasteiger partial charge on any atom is 0.395 e. The molecule has 0 spiro atoms. The van der Waals surface area contributed by atoms with Gasteiger partial charge in [-0.25, -0.2) is 4.99 Å². The van der Waals surface area contributed by atoms with Gasteiger partial charge in [0.2, 0.25) is 0 Å². The Morgan fingerprint density at radius 3 is 2.67 bits per heavy atom. The van der Waals surface area contributed by atoms with Crippen molar-refractivity contribution in [2.45, 2.75) is 31.4 Å². The van der Waals surface area contributed by atoms with Crippen LogP contribution in [0.3, 0.4) is 0 Å². The molecule has 0 radical (unpaired) electrons. The second kappa shape index (κ2) is 9.72. The second-order valence-corrected chi connectivity index (χ2v) is 9.30. The molecule has 0 amide bonds. The van der Waals surface area contributed by atoms with Crippen molar-refractivity contribution in [1.29, 1.82) is 0 Å². The van der Waals surface area contributed by atoms with Crippen molar-refractivity contribution < 1.29 is 18.6 Å². The van der Waals surface area contributed by atoms with Crippen LogP contribution in [0.15, 0.2) is 64.6 Å². The number of thiazole rings is 1. The summed E-state index contributed by atoms with van der Waals surface area (Å²) in [7, 11) is 0. The van der Waals surface area contributed by atoms with Crippen LogP contribution in [0.25, 0.3) is 0 Å². The Labute approximate surface area is 186 Å². The van der Waals surface area contributed by atoms with Gasteiger partial charge >= 0.3 is 6.11 Å². The van der Waals surface area contributed by atoms with Crippen molar-refractivity contribution in [3.05, 3.63) is 70.0 Å². The standard InChI is InChI=1S/C21H20F2N2O2S3/c1-14-11-25(12-15-8-9-18(17(26)10-15)27-21(2,22)23)20(30-14)24-19(28)13-29-16-6-4-3-5-7-16/h3-11,26H,12-13H2,1-2H3. The van der Waals surface area contributed by atoms with Gasteiger partial charge in [0.1, 0.15) is 4.99 Å². The number of aromatic hydroxyl groups is 1. The molecule has 1 heterocycles. The molecule has 0 aliphatic carbocycles. The first-order valence-electron chi connectivity index (χ1n) is 9.00. The molecule has 2 aromatic carbocycles. The fourth-order valence-electron chi connectivity index (χ4n) is 2.64. The summed E-state index contributed by atoms with van der Waals surface area (Å²) < 4.78 is 32.4. The topological polar surface area (TPSA) is 46.8 Å². The Balaban J connectivity index is 1.74. The van der Waals surface area contributed by atoms with Gasteiger partial charge in [-0.05, 0) is 36.8 Å². The van der Waals surface area contributed by atoms with Crippen LogP contribution in [0.1, 0.15) is 17.4 Å². The normalized spacial score (nSPS) is 12.2. The van der Waals surface area contributed by atoms with Crippen LogP contribution in [0.4, 0.5) is 8.78 Å². The highest BCUT2D eigenvalue weighted by Gasteiger charge is 2.24. The van der Waals surface area contributed by atoms with E-state index >= 15 is 0 Å². The van der Waals surface area contributed by atoms with Crippen molar-refractivity contribution in [2.24, 2.45) is 4.99 Å². The zero-order valence-electron chi connectivity index (χ0n) is 16.3. The molecule has 158 valence electrons. The maximum absolute atomic E-state index is 13.0. The number of alkyl halides is 2. The molecule has 0 saturated carbocycles. The van der Waals surface area contributed by atoms with Crippen molar-refractivity contribution in [3.63, 3.8) is 0 Å². The Bertz CT molecular complexity index is 1090. The lowest BCUT2D eigenvalue weighted by atomic mass is 10.2. The van der Waals surface area contributed by atoms with Crippen LogP contribution in [0, 0.1) is 6.92 Å². The largest absolute Gasteiger partial charge is 0.504 e. The highest BCUT2D eigenvalue weighted by atomic mass is 32.2. The van der Waals surface area contributed by atoms with Crippen LogP contribution in [-0.4, -0.2) is 26.5 Å². The quantitative estimate of drug-likeness (QED) is 0.362. The summed E-state index contributed by atoms with van der Waals surface area (Å²) in [5.74, 6) is -0.00874. The lowest BCUT2D eigenvalue weighted by Crippen LogP contribution is -2.19. The number of nitrogens with zero attached hydrogens (tertiary/aromatic N) is 2. The van der Waals surface area contributed by atoms with E-state index < -0.39 is 6.11 Å². The lowest BCUT2D eigenvalue weighted by Gasteiger charge is -2.14. The first-order valence-corrected chi connectivity index (χ1v) is 11.2. The fourth-order valence-corrected chi connectivity index (χ4v) is 4.53. The molecular formula is C21H20F2N2O2S3. The molecule has 0 aliphatic rings. The number of hydrogen-bond donors (Lipinski definition) is 1. The second-order valence-electron chi connectivity index (χ2n) is 6.57. The van der Waals surface area contributed by atoms with Gasteiger partial charge in [0.05, 0.1) is 5.75 Å². The molecule has 0 saturated heterocycles. The first-order chi connectivity index (χ1) is 14.2. The molecule has 3 aromatic rings. The number of ether oxygens (including phenoxy) is 1. The van der Waals surface area contributed by atoms with E-state index in [1.54, 1.807) is 17.8 Å². The van der Waals surface area contributed by atoms with Crippen molar-refractivity contribution in [1.82, 2.24) is 4.57 Å². The molecule has 0 fully saturated rings. The van der Waals surface area contributed by atoms with Gasteiger partial charge in [-0.3, -0.25) is 0 Å². The van der Waals surface area contributed by atoms with Gasteiger partial charge in [-0.2, -0.15) is 8.78 Å². The molecule has 1 N–H and O–H groups in total. The molecule has 1 aromatic heterocycles. The van der Waals surface area contributed by atoms with Gasteiger partial charge in [0, 0.05) is 29.4 Å². The zero-order valence-corrected chi connectivity index (χ0v) is 18.8. The van der Waals surface area contributed by atoms with Crippen LogP contribution < -0.4 is 9.54 Å². The van der Waals surface area contributed by atoms with Crippen LogP contribution in [0.5, 0.6) is 11.5 Å². The summed E-state index contributed by atoms with van der Waals surface area (Å²) in [6.07, 6.45) is -1.42. The number of aryl methyl sites for hydroxylation is 1. The molecule has 0 bridgehead atoms. The number of thiocarbonyl (C=S) groups is 1. The van der Waals surface area contributed by atoms with E-state index in [0.29, 0.717) is 24.2 Å². The van der Waals surface area contributed by atoms with Gasteiger partial charge in [-0.15, -0.1) is 23.1 Å². The Hall–Kier alpha value is -2.23. The summed E-state index contributed by atoms with van der Waals surface area (Å²) in [6.45, 7) is 3.00. The van der Waals surface area contributed by atoms with Crippen LogP contribution in [-0.2, 0) is 6.54 Å². The highest BCUT2D eigenvalue weighted by Crippen LogP contribution is 2.31. The Kier molecular flexibility index (Phi) is 7.27. The SMILES string of the molecule is Cc1cn(Cc2ccc(OC(C)(F)F)c(O)c2)c(=NC(=S)CSc2ccccc2)s1. The molecule has 3 rings (SSSR count). The maximum atomic E-state index is 13.0. The number of thioether (sulfide) groups is 1. The van der Waals surface area contributed by atoms with Gasteiger partial charge in [-0.1, -0.05) is 36.5 Å². The predicted molar refractivity (Wildman–Crippen MR) is 121 cm³/mol. The fraction of sp³-hybridized carbons (Fsp3) is 0.238. The van der Waals surface area contributed by atoms with Crippen molar-refractivity contribution in [3.8, 4) is 11.5 Å². The number of phenols is 1. The smallest absolute Gasteiger partial charge is 0.395 e. The molecule has 0 atom stereocenters. The van der Waals surface area contributed by atoms with E-state index in [4.69, 9.17) is 12.2 Å². The molecule has 0 unspecified atom stereocenters. The minimum Gasteiger partial charge on any atom is -0.504 e. The van der Waals surface area contributed by atoms with E-state index in [9.17, 15) is 13.9 Å². The summed E-state index contributed by atoms with van der Waals surface area (Å²) >= 11 is 8.57. The average molecular weight is 467 g/mol. The van der Waals surface area contributed by atoms with Gasteiger partial charge in [0.25, 0.3) is 0 Å². The molecule has 0 aliphatic heterocycles. The Morgan fingerprint density at radius 1 is 1.27 bits per heavy atom. The summed E-state index contributed by atoms with van der Waals surface area (Å²) in [5.41, 5.74) is 0.725. The number of phenolic OH excluding ortho intramolecular Hbond substituents is 1. The number of halogens is 2. The summed E-state index contributed by atoms with van der Waals surface area (Å²) in [5, 5.41) is 10.0. The number of benzene rings is 2. The number of hydrogen-bond acceptors (Lipinski definition) is 5. The Morgan fingerprint density at radius 2 is 2.00 bits per heavy atom. The van der Waals surface area contributed by atoms with Crippen LogP contribution in [0.2, 0.25) is 0 Å². The highest BCUT2D eigenvalue weighted by molar-refractivity contribution is 8.01. The van der Waals surface area contributed by atoms with Crippen molar-refractivity contribution >= 4 is 40.3 Å². The first kappa shape index (κ1) is 22.5. The minimum absolute atomic E-state index is 0.262. The van der Waals surface area contributed by atoms with E-state index in [-0.39, 0.29) is 11.5 Å². The van der Waals surface area contributed by atoms with E-state index in [1.165, 1.54) is 23.5 Å². The van der Waals surface area contributed by atoms with Crippen molar-refractivity contribution in [2.75, 3.05) is 5.75 Å². The molecule has 30 heavy (non-hydrogen) atoms.